The molecule has 0 aliphatic heterocycles. The van der Waals surface area contributed by atoms with Crippen molar-refractivity contribution in [3.63, 3.8) is 0 Å². The van der Waals surface area contributed by atoms with Crippen LogP contribution in [0.5, 0.6) is 0 Å². The first kappa shape index (κ1) is 17.7. The van der Waals surface area contributed by atoms with Crippen molar-refractivity contribution in [1.82, 2.24) is 9.78 Å². The molecule has 134 valence electrons. The van der Waals surface area contributed by atoms with Gasteiger partial charge in [0, 0.05) is 18.4 Å². The minimum Gasteiger partial charge on any atom is -0.370 e. The van der Waals surface area contributed by atoms with E-state index in [0.29, 0.717) is 18.4 Å². The fourth-order valence-electron chi connectivity index (χ4n) is 2.68. The fourth-order valence-corrected chi connectivity index (χ4v) is 2.68. The van der Waals surface area contributed by atoms with Gasteiger partial charge in [0.1, 0.15) is 0 Å². The molecule has 0 aliphatic carbocycles. The van der Waals surface area contributed by atoms with Gasteiger partial charge in [-0.25, -0.2) is 4.68 Å². The number of guanidine groups is 1. The number of aromatic nitrogens is 2. The molecule has 0 saturated heterocycles. The molecule has 0 unspecified atom stereocenters. The Labute approximate surface area is 154 Å². The van der Waals surface area contributed by atoms with Crippen molar-refractivity contribution in [3.05, 3.63) is 78.1 Å². The predicted molar refractivity (Wildman–Crippen MR) is 108 cm³/mol. The largest absolute Gasteiger partial charge is 0.370 e. The van der Waals surface area contributed by atoms with Crippen molar-refractivity contribution < 1.29 is 0 Å². The first-order chi connectivity index (χ1) is 12.6. The topological polar surface area (TPSA) is 68.2 Å². The minimum absolute atomic E-state index is 0.432. The maximum Gasteiger partial charge on any atom is 0.193 e. The van der Waals surface area contributed by atoms with Gasteiger partial charge in [0.25, 0.3) is 0 Å². The second kappa shape index (κ2) is 8.34. The van der Waals surface area contributed by atoms with Gasteiger partial charge in [-0.3, -0.25) is 4.99 Å². The van der Waals surface area contributed by atoms with Crippen molar-refractivity contribution in [2.24, 2.45) is 10.7 Å². The minimum atomic E-state index is 0.432. The maximum atomic E-state index is 6.01. The number of anilines is 1. The highest BCUT2D eigenvalue weighted by molar-refractivity contribution is 5.92. The Kier molecular flexibility index (Phi) is 5.69. The zero-order valence-electron chi connectivity index (χ0n) is 15.3. The van der Waals surface area contributed by atoms with E-state index in [0.717, 1.165) is 23.4 Å². The van der Waals surface area contributed by atoms with Crippen LogP contribution in [0.1, 0.15) is 30.9 Å². The van der Waals surface area contributed by atoms with E-state index in [-0.39, 0.29) is 0 Å². The molecule has 2 aromatic carbocycles. The summed E-state index contributed by atoms with van der Waals surface area (Å²) in [6, 6.07) is 18.3. The van der Waals surface area contributed by atoms with E-state index >= 15 is 0 Å². The van der Waals surface area contributed by atoms with E-state index in [9.17, 15) is 0 Å². The Hall–Kier alpha value is -3.08. The number of rotatable bonds is 6. The summed E-state index contributed by atoms with van der Waals surface area (Å²) in [6.45, 7) is 4.96. The molecule has 5 nitrogen and oxygen atoms in total. The Morgan fingerprint density at radius 1 is 1.15 bits per heavy atom. The molecule has 1 aromatic heterocycles. The third-order valence-corrected chi connectivity index (χ3v) is 4.17. The van der Waals surface area contributed by atoms with Crippen molar-refractivity contribution in [1.29, 1.82) is 0 Å². The Balaban J connectivity index is 1.55. The van der Waals surface area contributed by atoms with Crippen molar-refractivity contribution >= 4 is 11.6 Å². The Morgan fingerprint density at radius 3 is 2.73 bits per heavy atom. The van der Waals surface area contributed by atoms with Crippen LogP contribution in [0.3, 0.4) is 0 Å². The number of para-hydroxylation sites is 1. The van der Waals surface area contributed by atoms with E-state index in [1.165, 1.54) is 5.56 Å². The summed E-state index contributed by atoms with van der Waals surface area (Å²) in [5.74, 6) is 0.914. The summed E-state index contributed by atoms with van der Waals surface area (Å²) < 4.78 is 1.87. The van der Waals surface area contributed by atoms with Gasteiger partial charge in [-0.2, -0.15) is 5.10 Å². The second-order valence-electron chi connectivity index (χ2n) is 6.55. The van der Waals surface area contributed by atoms with Crippen LogP contribution >= 0.6 is 0 Å². The van der Waals surface area contributed by atoms with Crippen LogP contribution in [0.15, 0.2) is 72.0 Å². The Morgan fingerprint density at radius 2 is 1.96 bits per heavy atom. The van der Waals surface area contributed by atoms with E-state index in [1.807, 2.05) is 59.5 Å². The highest BCUT2D eigenvalue weighted by Gasteiger charge is 2.02. The SMILES string of the molecule is CC(C)c1cccc(NC(N)=NCCc2cnn(-c3ccccc3)c2)c1. The lowest BCUT2D eigenvalue weighted by molar-refractivity contribution is 0.867. The molecule has 26 heavy (non-hydrogen) atoms. The number of nitrogens with two attached hydrogens (primary N) is 1. The number of aliphatic imine (C=N–C) groups is 1. The molecule has 0 saturated carbocycles. The monoisotopic (exact) mass is 347 g/mol. The lowest BCUT2D eigenvalue weighted by Gasteiger charge is -2.09. The normalized spacial score (nSPS) is 11.7. The average Bonchev–Trinajstić information content (AvgIpc) is 3.11. The summed E-state index contributed by atoms with van der Waals surface area (Å²) in [5.41, 5.74) is 10.4. The average molecular weight is 347 g/mol. The molecule has 0 spiro atoms. The van der Waals surface area contributed by atoms with Crippen molar-refractivity contribution in [2.45, 2.75) is 26.2 Å². The van der Waals surface area contributed by atoms with Crippen LogP contribution in [0.2, 0.25) is 0 Å². The van der Waals surface area contributed by atoms with Gasteiger partial charge in [0.2, 0.25) is 0 Å². The summed E-state index contributed by atoms with van der Waals surface area (Å²) in [7, 11) is 0. The molecule has 3 aromatic rings. The maximum absolute atomic E-state index is 6.01. The van der Waals surface area contributed by atoms with Gasteiger partial charge < -0.3 is 11.1 Å². The van der Waals surface area contributed by atoms with E-state index in [2.05, 4.69) is 41.4 Å². The number of nitrogens with zero attached hydrogens (tertiary/aromatic N) is 3. The van der Waals surface area contributed by atoms with Crippen LogP contribution in [0.4, 0.5) is 5.69 Å². The van der Waals surface area contributed by atoms with Crippen LogP contribution in [0.25, 0.3) is 5.69 Å². The predicted octanol–water partition coefficient (Wildman–Crippen LogP) is 3.97. The zero-order valence-corrected chi connectivity index (χ0v) is 15.3. The van der Waals surface area contributed by atoms with Gasteiger partial charge in [0.05, 0.1) is 11.9 Å². The van der Waals surface area contributed by atoms with Crippen LogP contribution in [0, 0.1) is 0 Å². The van der Waals surface area contributed by atoms with Gasteiger partial charge in [-0.15, -0.1) is 0 Å². The summed E-state index contributed by atoms with van der Waals surface area (Å²) in [5, 5.41) is 7.56. The van der Waals surface area contributed by atoms with Gasteiger partial charge in [-0.05, 0) is 47.7 Å². The molecule has 0 amide bonds. The van der Waals surface area contributed by atoms with Gasteiger partial charge in [0.15, 0.2) is 5.96 Å². The van der Waals surface area contributed by atoms with Crippen molar-refractivity contribution in [3.8, 4) is 5.69 Å². The lowest BCUT2D eigenvalue weighted by atomic mass is 10.0. The Bertz CT molecular complexity index is 865. The number of hydrogen-bond acceptors (Lipinski definition) is 2. The number of nitrogens with one attached hydrogen (secondary N) is 1. The third-order valence-electron chi connectivity index (χ3n) is 4.17. The molecule has 5 heteroatoms. The third kappa shape index (κ3) is 4.72. The molecular weight excluding hydrogens is 322 g/mol. The standard InChI is InChI=1S/C21H25N5/c1-16(2)18-7-6-8-19(13-18)25-21(22)23-12-11-17-14-24-26(15-17)20-9-4-3-5-10-20/h3-10,13-16H,11-12H2,1-2H3,(H3,22,23,25). The molecular formula is C21H25N5. The molecule has 0 aliphatic rings. The zero-order chi connectivity index (χ0) is 18.4. The van der Waals surface area contributed by atoms with Gasteiger partial charge >= 0.3 is 0 Å². The summed E-state index contributed by atoms with van der Waals surface area (Å²) >= 11 is 0. The van der Waals surface area contributed by atoms with Crippen LogP contribution in [-0.2, 0) is 6.42 Å². The molecule has 3 rings (SSSR count). The summed E-state index contributed by atoms with van der Waals surface area (Å²) in [4.78, 5) is 4.42. The summed E-state index contributed by atoms with van der Waals surface area (Å²) in [6.07, 6.45) is 4.69. The first-order valence-electron chi connectivity index (χ1n) is 8.87. The van der Waals surface area contributed by atoms with Gasteiger partial charge in [-0.1, -0.05) is 44.2 Å². The van der Waals surface area contributed by atoms with Crippen LogP contribution in [-0.4, -0.2) is 22.3 Å². The van der Waals surface area contributed by atoms with E-state index < -0.39 is 0 Å². The number of benzene rings is 2. The highest BCUT2D eigenvalue weighted by atomic mass is 15.3. The number of hydrogen-bond donors (Lipinski definition) is 2. The van der Waals surface area contributed by atoms with Crippen LogP contribution < -0.4 is 11.1 Å². The molecule has 0 radical (unpaired) electrons. The van der Waals surface area contributed by atoms with E-state index in [4.69, 9.17) is 5.73 Å². The highest BCUT2D eigenvalue weighted by Crippen LogP contribution is 2.18. The molecule has 0 bridgehead atoms. The van der Waals surface area contributed by atoms with E-state index in [1.54, 1.807) is 0 Å². The molecule has 0 atom stereocenters. The fraction of sp³-hybridized carbons (Fsp3) is 0.238. The second-order valence-corrected chi connectivity index (χ2v) is 6.55. The lowest BCUT2D eigenvalue weighted by Crippen LogP contribution is -2.23. The molecule has 3 N–H and O–H groups in total. The molecule has 0 fully saturated rings. The van der Waals surface area contributed by atoms with Crippen molar-refractivity contribution in [2.75, 3.05) is 11.9 Å². The molecule has 1 heterocycles. The quantitative estimate of drug-likeness (QED) is 0.524. The smallest absolute Gasteiger partial charge is 0.193 e. The first-order valence-corrected chi connectivity index (χ1v) is 8.87.